The summed E-state index contributed by atoms with van der Waals surface area (Å²) in [6.45, 7) is 5.78. The summed E-state index contributed by atoms with van der Waals surface area (Å²) in [5.41, 5.74) is 12.5. The lowest BCUT2D eigenvalue weighted by Gasteiger charge is -2.36. The number of halogens is 1. The monoisotopic (exact) mass is 383 g/mol. The first-order valence-corrected chi connectivity index (χ1v) is 10.4. The van der Waals surface area contributed by atoms with E-state index in [4.69, 9.17) is 22.3 Å². The van der Waals surface area contributed by atoms with E-state index in [0.29, 0.717) is 12.5 Å². The minimum absolute atomic E-state index is 0.0971. The second kappa shape index (κ2) is 6.43. The minimum atomic E-state index is 0.0971. The lowest BCUT2D eigenvalue weighted by atomic mass is 9.73. The van der Waals surface area contributed by atoms with Gasteiger partial charge >= 0.3 is 0 Å². The number of benzene rings is 1. The van der Waals surface area contributed by atoms with Crippen LogP contribution in [0.15, 0.2) is 18.5 Å². The van der Waals surface area contributed by atoms with Gasteiger partial charge in [0.05, 0.1) is 0 Å². The van der Waals surface area contributed by atoms with Gasteiger partial charge in [0.2, 0.25) is 0 Å². The van der Waals surface area contributed by atoms with E-state index in [-0.39, 0.29) is 5.41 Å². The third kappa shape index (κ3) is 2.52. The zero-order valence-electron chi connectivity index (χ0n) is 15.8. The first-order valence-electron chi connectivity index (χ1n) is 9.98. The number of aryl methyl sites for hydroxylation is 1. The molecule has 0 radical (unpaired) electrons. The Balaban J connectivity index is 1.71. The summed E-state index contributed by atoms with van der Waals surface area (Å²) < 4.78 is 0. The van der Waals surface area contributed by atoms with Gasteiger partial charge in [-0.25, -0.2) is 9.97 Å². The van der Waals surface area contributed by atoms with Crippen LogP contribution in [0.4, 0.5) is 11.5 Å². The lowest BCUT2D eigenvalue weighted by Crippen LogP contribution is -2.43. The fraction of sp³-hybridized carbons (Fsp3) is 0.524. The highest BCUT2D eigenvalue weighted by molar-refractivity contribution is 6.31. The quantitative estimate of drug-likeness (QED) is 0.831. The average Bonchev–Trinajstić information content (AvgIpc) is 3.22. The topological polar surface area (TPSA) is 67.1 Å². The number of hydrogen-bond acceptors (Lipinski definition) is 5. The Labute approximate surface area is 165 Å². The molecule has 1 atom stereocenters. The van der Waals surface area contributed by atoms with Crippen molar-refractivity contribution in [2.24, 2.45) is 5.73 Å². The molecule has 0 bridgehead atoms. The second-order valence-corrected chi connectivity index (χ2v) is 8.65. The van der Waals surface area contributed by atoms with E-state index in [1.807, 2.05) is 6.07 Å². The maximum atomic E-state index is 6.58. The molecule has 2 aliphatic heterocycles. The number of nitrogens with zero attached hydrogens (tertiary/aromatic N) is 3. The molecule has 1 unspecified atom stereocenters. The fourth-order valence-corrected chi connectivity index (χ4v) is 5.67. The van der Waals surface area contributed by atoms with Gasteiger partial charge in [-0.1, -0.05) is 18.5 Å². The molecule has 3 N–H and O–H groups in total. The van der Waals surface area contributed by atoms with Gasteiger partial charge in [-0.05, 0) is 68.0 Å². The highest BCUT2D eigenvalue weighted by atomic mass is 35.5. The van der Waals surface area contributed by atoms with Crippen molar-refractivity contribution in [2.45, 2.75) is 50.5 Å². The minimum Gasteiger partial charge on any atom is -0.326 e. The van der Waals surface area contributed by atoms with Crippen LogP contribution in [-0.4, -0.2) is 29.6 Å². The Hall–Kier alpha value is -1.69. The van der Waals surface area contributed by atoms with E-state index in [1.165, 1.54) is 22.5 Å². The molecule has 6 heteroatoms. The third-order valence-corrected chi connectivity index (χ3v) is 7.14. The largest absolute Gasteiger partial charge is 0.326 e. The van der Waals surface area contributed by atoms with Crippen molar-refractivity contribution in [3.63, 3.8) is 0 Å². The predicted molar refractivity (Wildman–Crippen MR) is 109 cm³/mol. The highest BCUT2D eigenvalue weighted by Gasteiger charge is 2.46. The number of anilines is 2. The van der Waals surface area contributed by atoms with E-state index in [0.717, 1.165) is 61.7 Å². The molecule has 2 aromatic rings. The number of fused-ring (bicyclic) bond motifs is 3. The van der Waals surface area contributed by atoms with Crippen LogP contribution >= 0.6 is 11.6 Å². The van der Waals surface area contributed by atoms with Crippen molar-refractivity contribution in [2.75, 3.05) is 24.5 Å². The van der Waals surface area contributed by atoms with E-state index in [1.54, 1.807) is 6.33 Å². The Morgan fingerprint density at radius 1 is 1.30 bits per heavy atom. The van der Waals surface area contributed by atoms with Gasteiger partial charge in [-0.2, -0.15) is 0 Å². The van der Waals surface area contributed by atoms with Crippen LogP contribution in [0.25, 0.3) is 0 Å². The summed E-state index contributed by atoms with van der Waals surface area (Å²) in [6, 6.07) is 4.17. The van der Waals surface area contributed by atoms with Gasteiger partial charge in [0, 0.05) is 40.5 Å². The van der Waals surface area contributed by atoms with Crippen LogP contribution in [0.2, 0.25) is 5.02 Å². The first kappa shape index (κ1) is 17.4. The third-order valence-electron chi connectivity index (χ3n) is 6.79. The molecule has 1 fully saturated rings. The molecule has 1 aliphatic carbocycles. The smallest absolute Gasteiger partial charge is 0.140 e. The average molecular weight is 384 g/mol. The second-order valence-electron chi connectivity index (χ2n) is 8.24. The molecule has 3 aliphatic rings. The summed E-state index contributed by atoms with van der Waals surface area (Å²) in [5.74, 6) is 1.59. The molecule has 5 rings (SSSR count). The summed E-state index contributed by atoms with van der Waals surface area (Å²) in [5, 5.41) is 4.30. The maximum Gasteiger partial charge on any atom is 0.140 e. The van der Waals surface area contributed by atoms with Gasteiger partial charge in [-0.3, -0.25) is 0 Å². The number of aromatic nitrogens is 2. The van der Waals surface area contributed by atoms with Gasteiger partial charge in [-0.15, -0.1) is 0 Å². The van der Waals surface area contributed by atoms with Crippen LogP contribution in [0, 0.1) is 0 Å². The Morgan fingerprint density at radius 3 is 2.89 bits per heavy atom. The van der Waals surface area contributed by atoms with Crippen molar-refractivity contribution >= 4 is 23.1 Å². The van der Waals surface area contributed by atoms with Crippen molar-refractivity contribution < 1.29 is 0 Å². The number of rotatable bonds is 2. The zero-order valence-corrected chi connectivity index (χ0v) is 16.5. The van der Waals surface area contributed by atoms with Crippen LogP contribution in [0.1, 0.15) is 54.5 Å². The predicted octanol–water partition coefficient (Wildman–Crippen LogP) is 3.41. The summed E-state index contributed by atoms with van der Waals surface area (Å²) >= 11 is 6.58. The van der Waals surface area contributed by atoms with Crippen molar-refractivity contribution in [3.05, 3.63) is 45.9 Å². The van der Waals surface area contributed by atoms with E-state index >= 15 is 0 Å². The molecule has 3 heterocycles. The number of nitrogens with two attached hydrogens (primary N) is 1. The zero-order chi connectivity index (χ0) is 18.6. The molecule has 5 nitrogen and oxygen atoms in total. The van der Waals surface area contributed by atoms with E-state index < -0.39 is 0 Å². The van der Waals surface area contributed by atoms with Crippen LogP contribution in [-0.2, 0) is 18.4 Å². The van der Waals surface area contributed by atoms with Crippen molar-refractivity contribution in [3.8, 4) is 0 Å². The normalized spacial score (nSPS) is 22.9. The fourth-order valence-electron chi connectivity index (χ4n) is 5.43. The molecule has 1 aromatic carbocycles. The SMILES string of the molecule is CC1CCc2ncnc(N3CC4(CCNCC4)c4c3ccc(Cl)c4CN)c21. The molecule has 1 aromatic heterocycles. The molecule has 0 saturated carbocycles. The molecule has 0 amide bonds. The summed E-state index contributed by atoms with van der Waals surface area (Å²) in [4.78, 5) is 11.8. The van der Waals surface area contributed by atoms with Crippen LogP contribution in [0.5, 0.6) is 0 Å². The standard InChI is InChI=1S/C21H26ClN5/c1-13-2-4-16-18(13)20(26-12-25-16)27-11-21(6-8-24-9-7-21)19-14(10-23)15(22)3-5-17(19)27/h3,5,12-13,24H,2,4,6-11,23H2,1H3. The van der Waals surface area contributed by atoms with Gasteiger partial charge in [0.15, 0.2) is 0 Å². The van der Waals surface area contributed by atoms with Crippen molar-refractivity contribution in [1.82, 2.24) is 15.3 Å². The van der Waals surface area contributed by atoms with Crippen LogP contribution in [0.3, 0.4) is 0 Å². The molecule has 1 saturated heterocycles. The summed E-state index contributed by atoms with van der Waals surface area (Å²) in [6.07, 6.45) is 6.15. The number of nitrogens with one attached hydrogen (secondary N) is 1. The Bertz CT molecular complexity index is 890. The number of piperidine rings is 1. The van der Waals surface area contributed by atoms with Crippen LogP contribution < -0.4 is 16.0 Å². The Morgan fingerprint density at radius 2 is 2.11 bits per heavy atom. The number of hydrogen-bond donors (Lipinski definition) is 2. The first-order chi connectivity index (χ1) is 13.1. The lowest BCUT2D eigenvalue weighted by molar-refractivity contribution is 0.327. The van der Waals surface area contributed by atoms with Crippen molar-refractivity contribution in [1.29, 1.82) is 0 Å². The van der Waals surface area contributed by atoms with Gasteiger partial charge in [0.1, 0.15) is 12.1 Å². The summed E-state index contributed by atoms with van der Waals surface area (Å²) in [7, 11) is 0. The van der Waals surface area contributed by atoms with E-state index in [9.17, 15) is 0 Å². The molecular formula is C21H26ClN5. The maximum absolute atomic E-state index is 6.58. The van der Waals surface area contributed by atoms with Gasteiger partial charge in [0.25, 0.3) is 0 Å². The van der Waals surface area contributed by atoms with Gasteiger partial charge < -0.3 is 16.0 Å². The highest BCUT2D eigenvalue weighted by Crippen LogP contribution is 2.52. The molecular weight excluding hydrogens is 358 g/mol. The van der Waals surface area contributed by atoms with E-state index in [2.05, 4.69) is 28.2 Å². The Kier molecular flexibility index (Phi) is 4.15. The molecule has 142 valence electrons. The molecule has 27 heavy (non-hydrogen) atoms. The molecule has 1 spiro atoms.